The number of aryl methyl sites for hydroxylation is 2. The van der Waals surface area contributed by atoms with Gasteiger partial charge in [0.1, 0.15) is 23.3 Å². The SMILES string of the molecule is CCc1c(C)nn2c(N)c(C#N)c(NCCc3cccc(CCO)n3)nc12. The normalized spacial score (nSPS) is 10.9. The lowest BCUT2D eigenvalue weighted by atomic mass is 10.2. The summed E-state index contributed by atoms with van der Waals surface area (Å²) in [5.74, 6) is 0.750. The van der Waals surface area contributed by atoms with Crippen LogP contribution in [0.2, 0.25) is 0 Å². The summed E-state index contributed by atoms with van der Waals surface area (Å²) in [6.45, 7) is 4.59. The predicted octanol–water partition coefficient (Wildman–Crippen LogP) is 1.64. The lowest BCUT2D eigenvalue weighted by molar-refractivity contribution is 0.298. The summed E-state index contributed by atoms with van der Waals surface area (Å²) in [4.78, 5) is 9.12. The molecule has 3 aromatic heterocycles. The molecule has 0 radical (unpaired) electrons. The summed E-state index contributed by atoms with van der Waals surface area (Å²) >= 11 is 0. The van der Waals surface area contributed by atoms with Gasteiger partial charge >= 0.3 is 0 Å². The number of aliphatic hydroxyl groups excluding tert-OH is 1. The molecule has 0 fully saturated rings. The molecular weight excluding hydrogens is 342 g/mol. The summed E-state index contributed by atoms with van der Waals surface area (Å²) in [5.41, 5.74) is 10.8. The number of nitrogens with two attached hydrogens (primary N) is 1. The van der Waals surface area contributed by atoms with E-state index in [0.717, 1.165) is 29.1 Å². The van der Waals surface area contributed by atoms with Crippen LogP contribution < -0.4 is 11.1 Å². The Hall–Kier alpha value is -3.18. The molecule has 3 heterocycles. The fourth-order valence-corrected chi connectivity index (χ4v) is 3.10. The van der Waals surface area contributed by atoms with E-state index < -0.39 is 0 Å². The van der Waals surface area contributed by atoms with Gasteiger partial charge in [-0.25, -0.2) is 4.98 Å². The van der Waals surface area contributed by atoms with Crippen LogP contribution in [0.5, 0.6) is 0 Å². The van der Waals surface area contributed by atoms with E-state index in [1.807, 2.05) is 32.0 Å². The average molecular weight is 365 g/mol. The van der Waals surface area contributed by atoms with Crippen LogP contribution in [0.1, 0.15) is 35.1 Å². The van der Waals surface area contributed by atoms with Crippen LogP contribution in [0.4, 0.5) is 11.6 Å². The number of nitrogen functional groups attached to an aromatic ring is 1. The molecule has 0 aliphatic carbocycles. The largest absolute Gasteiger partial charge is 0.396 e. The van der Waals surface area contributed by atoms with Crippen molar-refractivity contribution in [1.82, 2.24) is 19.6 Å². The first-order valence-electron chi connectivity index (χ1n) is 8.96. The number of anilines is 2. The second-order valence-corrected chi connectivity index (χ2v) is 6.26. The number of hydrogen-bond donors (Lipinski definition) is 3. The van der Waals surface area contributed by atoms with E-state index in [4.69, 9.17) is 10.8 Å². The lowest BCUT2D eigenvalue weighted by Crippen LogP contribution is -2.13. The predicted molar refractivity (Wildman–Crippen MR) is 103 cm³/mol. The second kappa shape index (κ2) is 8.01. The smallest absolute Gasteiger partial charge is 0.163 e. The molecule has 0 atom stereocenters. The van der Waals surface area contributed by atoms with E-state index in [9.17, 15) is 5.26 Å². The molecular formula is C19H23N7O. The van der Waals surface area contributed by atoms with Gasteiger partial charge in [-0.1, -0.05) is 13.0 Å². The molecule has 27 heavy (non-hydrogen) atoms. The number of aromatic nitrogens is 4. The van der Waals surface area contributed by atoms with Crippen molar-refractivity contribution < 1.29 is 5.11 Å². The molecule has 8 nitrogen and oxygen atoms in total. The van der Waals surface area contributed by atoms with Crippen LogP contribution in [0, 0.1) is 18.3 Å². The van der Waals surface area contributed by atoms with Crippen molar-refractivity contribution in [3.05, 3.63) is 46.4 Å². The highest BCUT2D eigenvalue weighted by Gasteiger charge is 2.18. The van der Waals surface area contributed by atoms with Gasteiger partial charge in [0, 0.05) is 42.9 Å². The first-order chi connectivity index (χ1) is 13.1. The Labute approximate surface area is 157 Å². The number of nitrogens with one attached hydrogen (secondary N) is 1. The molecule has 0 aliphatic rings. The summed E-state index contributed by atoms with van der Waals surface area (Å²) < 4.78 is 1.54. The summed E-state index contributed by atoms with van der Waals surface area (Å²) in [7, 11) is 0. The van der Waals surface area contributed by atoms with Crippen molar-refractivity contribution >= 4 is 17.3 Å². The highest BCUT2D eigenvalue weighted by atomic mass is 16.3. The zero-order valence-electron chi connectivity index (χ0n) is 15.5. The van der Waals surface area contributed by atoms with Gasteiger partial charge in [-0.3, -0.25) is 4.98 Å². The van der Waals surface area contributed by atoms with Crippen molar-refractivity contribution in [3.8, 4) is 6.07 Å². The Kier molecular flexibility index (Phi) is 5.52. The van der Waals surface area contributed by atoms with Crippen LogP contribution in [0.3, 0.4) is 0 Å². The van der Waals surface area contributed by atoms with Crippen molar-refractivity contribution in [1.29, 1.82) is 5.26 Å². The summed E-state index contributed by atoms with van der Waals surface area (Å²) in [5, 5.41) is 26.2. The zero-order chi connectivity index (χ0) is 19.4. The molecule has 4 N–H and O–H groups in total. The topological polar surface area (TPSA) is 125 Å². The highest BCUT2D eigenvalue weighted by Crippen LogP contribution is 2.24. The minimum atomic E-state index is 0.0774. The molecule has 0 saturated carbocycles. The number of rotatable bonds is 7. The molecule has 0 spiro atoms. The standard InChI is InChI=1S/C19H23N7O/c1-3-15-12(2)25-26-17(21)16(11-20)18(24-19(15)26)22-9-7-13-5-4-6-14(23-13)8-10-27/h4-6,27H,3,7-10,21H2,1-2H3,(H,22,24). The number of pyridine rings is 1. The molecule has 3 aromatic rings. The monoisotopic (exact) mass is 365 g/mol. The van der Waals surface area contributed by atoms with E-state index in [2.05, 4.69) is 26.5 Å². The Morgan fingerprint density at radius 3 is 2.67 bits per heavy atom. The van der Waals surface area contributed by atoms with E-state index in [0.29, 0.717) is 30.9 Å². The van der Waals surface area contributed by atoms with Crippen LogP contribution in [0.15, 0.2) is 18.2 Å². The van der Waals surface area contributed by atoms with Crippen molar-refractivity contribution in [3.63, 3.8) is 0 Å². The third-order valence-corrected chi connectivity index (χ3v) is 4.47. The zero-order valence-corrected chi connectivity index (χ0v) is 15.5. The Morgan fingerprint density at radius 1 is 1.26 bits per heavy atom. The molecule has 0 aromatic carbocycles. The Morgan fingerprint density at radius 2 is 2.00 bits per heavy atom. The first kappa shape index (κ1) is 18.6. The molecule has 0 unspecified atom stereocenters. The average Bonchev–Trinajstić information content (AvgIpc) is 2.98. The summed E-state index contributed by atoms with van der Waals surface area (Å²) in [6.07, 6.45) is 1.99. The van der Waals surface area contributed by atoms with Gasteiger partial charge in [-0.05, 0) is 25.5 Å². The quantitative estimate of drug-likeness (QED) is 0.581. The maximum atomic E-state index is 9.52. The van der Waals surface area contributed by atoms with Gasteiger partial charge in [-0.15, -0.1) is 0 Å². The molecule has 0 saturated heterocycles. The fraction of sp³-hybridized carbons (Fsp3) is 0.368. The minimum Gasteiger partial charge on any atom is -0.396 e. The van der Waals surface area contributed by atoms with Crippen molar-refractivity contribution in [2.24, 2.45) is 0 Å². The van der Waals surface area contributed by atoms with E-state index in [1.54, 1.807) is 0 Å². The molecule has 3 rings (SSSR count). The third-order valence-electron chi connectivity index (χ3n) is 4.47. The van der Waals surface area contributed by atoms with Crippen LogP contribution in [-0.2, 0) is 19.3 Å². The van der Waals surface area contributed by atoms with Crippen LogP contribution in [0.25, 0.3) is 5.65 Å². The minimum absolute atomic E-state index is 0.0774. The van der Waals surface area contributed by atoms with Crippen molar-refractivity contribution in [2.75, 3.05) is 24.2 Å². The molecule has 140 valence electrons. The van der Waals surface area contributed by atoms with Gasteiger partial charge in [-0.2, -0.15) is 14.9 Å². The third kappa shape index (κ3) is 3.68. The number of fused-ring (bicyclic) bond motifs is 1. The van der Waals surface area contributed by atoms with Crippen LogP contribution in [-0.4, -0.2) is 37.8 Å². The molecule has 0 aliphatic heterocycles. The van der Waals surface area contributed by atoms with Gasteiger partial charge in [0.25, 0.3) is 0 Å². The Balaban J connectivity index is 1.84. The second-order valence-electron chi connectivity index (χ2n) is 6.26. The number of nitriles is 1. The Bertz CT molecular complexity index is 1000. The highest BCUT2D eigenvalue weighted by molar-refractivity contribution is 5.69. The maximum Gasteiger partial charge on any atom is 0.163 e. The molecule has 0 bridgehead atoms. The van der Waals surface area contributed by atoms with Gasteiger partial charge < -0.3 is 16.2 Å². The fourth-order valence-electron chi connectivity index (χ4n) is 3.10. The number of aliphatic hydroxyl groups is 1. The van der Waals surface area contributed by atoms with Gasteiger partial charge in [0.05, 0.1) is 5.69 Å². The molecule has 8 heteroatoms. The van der Waals surface area contributed by atoms with Gasteiger partial charge in [0.2, 0.25) is 0 Å². The van der Waals surface area contributed by atoms with Crippen molar-refractivity contribution in [2.45, 2.75) is 33.1 Å². The number of hydrogen-bond acceptors (Lipinski definition) is 7. The summed E-state index contributed by atoms with van der Waals surface area (Å²) in [6, 6.07) is 7.89. The molecule has 0 amide bonds. The van der Waals surface area contributed by atoms with Gasteiger partial charge in [0.15, 0.2) is 5.65 Å². The maximum absolute atomic E-state index is 9.52. The van der Waals surface area contributed by atoms with E-state index in [1.165, 1.54) is 4.52 Å². The van der Waals surface area contributed by atoms with E-state index in [-0.39, 0.29) is 18.0 Å². The van der Waals surface area contributed by atoms with Crippen LogP contribution >= 0.6 is 0 Å². The first-order valence-corrected chi connectivity index (χ1v) is 8.96. The van der Waals surface area contributed by atoms with E-state index >= 15 is 0 Å². The lowest BCUT2D eigenvalue weighted by Gasteiger charge is -2.11. The number of nitrogens with zero attached hydrogens (tertiary/aromatic N) is 5.